The minimum atomic E-state index is -4.43. The molecule has 0 amide bonds. The van der Waals surface area contributed by atoms with E-state index in [4.69, 9.17) is 14.2 Å². The molecule has 3 atom stereocenters. The predicted octanol–water partition coefficient (Wildman–Crippen LogP) is 4.19. The Bertz CT molecular complexity index is 1150. The first-order valence-corrected chi connectivity index (χ1v) is 10.7. The van der Waals surface area contributed by atoms with Gasteiger partial charge in [0.15, 0.2) is 0 Å². The lowest BCUT2D eigenvalue weighted by Gasteiger charge is -2.36. The van der Waals surface area contributed by atoms with E-state index in [0.29, 0.717) is 36.8 Å². The fourth-order valence-corrected chi connectivity index (χ4v) is 4.63. The van der Waals surface area contributed by atoms with Crippen LogP contribution in [0.3, 0.4) is 0 Å². The van der Waals surface area contributed by atoms with Crippen molar-refractivity contribution in [3.05, 3.63) is 36.0 Å². The van der Waals surface area contributed by atoms with Crippen LogP contribution in [-0.4, -0.2) is 65.0 Å². The summed E-state index contributed by atoms with van der Waals surface area (Å²) in [7, 11) is 1.42. The minimum absolute atomic E-state index is 0.119. The molecule has 0 saturated carbocycles. The molecule has 2 aliphatic rings. The van der Waals surface area contributed by atoms with Gasteiger partial charge in [-0.3, -0.25) is 4.90 Å². The number of aromatic nitrogens is 3. The predicted molar refractivity (Wildman–Crippen MR) is 115 cm³/mol. The first-order chi connectivity index (χ1) is 15.9. The molecule has 33 heavy (non-hydrogen) atoms. The number of anilines is 2. The van der Waals surface area contributed by atoms with Crippen LogP contribution in [0.25, 0.3) is 11.0 Å². The normalized spacial score (nSPS) is 21.5. The molecule has 2 bridgehead atoms. The fraction of sp³-hybridized carbons (Fsp3) is 0.455. The number of nitrogens with one attached hydrogen (secondary N) is 2. The fourth-order valence-electron chi connectivity index (χ4n) is 4.63. The zero-order valence-corrected chi connectivity index (χ0v) is 18.1. The van der Waals surface area contributed by atoms with E-state index >= 15 is 0 Å². The van der Waals surface area contributed by atoms with Crippen molar-refractivity contribution in [3.63, 3.8) is 0 Å². The smallest absolute Gasteiger partial charge is 0.408 e. The molecule has 8 nitrogen and oxygen atoms in total. The van der Waals surface area contributed by atoms with Crippen LogP contribution in [0.4, 0.5) is 24.8 Å². The van der Waals surface area contributed by atoms with Crippen molar-refractivity contribution in [1.82, 2.24) is 19.9 Å². The first kappa shape index (κ1) is 21.8. The summed E-state index contributed by atoms with van der Waals surface area (Å²) in [4.78, 5) is 13.3. The van der Waals surface area contributed by atoms with Gasteiger partial charge in [-0.1, -0.05) is 6.07 Å². The molecule has 0 spiro atoms. The molecule has 11 heteroatoms. The highest BCUT2D eigenvalue weighted by Gasteiger charge is 2.52. The van der Waals surface area contributed by atoms with Gasteiger partial charge in [-0.05, 0) is 37.1 Å². The maximum Gasteiger partial charge on any atom is 0.408 e. The van der Waals surface area contributed by atoms with Gasteiger partial charge in [-0.2, -0.15) is 23.1 Å². The Kier molecular flexibility index (Phi) is 5.53. The van der Waals surface area contributed by atoms with Crippen LogP contribution in [0.5, 0.6) is 11.6 Å². The number of benzene rings is 1. The highest BCUT2D eigenvalue weighted by atomic mass is 19.4. The monoisotopic (exact) mass is 463 g/mol. The zero-order chi connectivity index (χ0) is 23.2. The highest BCUT2D eigenvalue weighted by Crippen LogP contribution is 2.45. The third kappa shape index (κ3) is 4.06. The van der Waals surface area contributed by atoms with Gasteiger partial charge in [0.1, 0.15) is 17.4 Å². The average Bonchev–Trinajstić information content (AvgIpc) is 3.51. The summed E-state index contributed by atoms with van der Waals surface area (Å²) in [5.74, 6) is 0.904. The summed E-state index contributed by atoms with van der Waals surface area (Å²) in [5.41, 5.74) is 1.14. The molecule has 176 valence electrons. The number of ether oxygens (including phenoxy) is 3. The van der Waals surface area contributed by atoms with Gasteiger partial charge >= 0.3 is 6.18 Å². The number of methoxy groups -OCH3 is 1. The highest BCUT2D eigenvalue weighted by molar-refractivity contribution is 5.82. The summed E-state index contributed by atoms with van der Waals surface area (Å²) >= 11 is 0. The quantitative estimate of drug-likeness (QED) is 0.544. The molecular formula is C22H24F3N5O3. The molecule has 2 fully saturated rings. The van der Waals surface area contributed by atoms with Crippen LogP contribution < -0.4 is 14.8 Å². The molecule has 2 aliphatic heterocycles. The van der Waals surface area contributed by atoms with Gasteiger partial charge in [0.25, 0.3) is 0 Å². The first-order valence-electron chi connectivity index (χ1n) is 10.7. The van der Waals surface area contributed by atoms with Crippen molar-refractivity contribution in [3.8, 4) is 11.6 Å². The number of alkyl halides is 3. The van der Waals surface area contributed by atoms with Gasteiger partial charge < -0.3 is 24.5 Å². The summed E-state index contributed by atoms with van der Waals surface area (Å²) in [6, 6.07) is 4.29. The lowest BCUT2D eigenvalue weighted by molar-refractivity contribution is -0.196. The zero-order valence-electron chi connectivity index (χ0n) is 18.1. The summed E-state index contributed by atoms with van der Waals surface area (Å²) in [5, 5.41) is 3.78. The number of nitrogens with zero attached hydrogens (tertiary/aromatic N) is 3. The number of H-pyrrole nitrogens is 1. The second-order valence-corrected chi connectivity index (χ2v) is 8.10. The van der Waals surface area contributed by atoms with Crippen LogP contribution >= 0.6 is 0 Å². The van der Waals surface area contributed by atoms with Crippen molar-refractivity contribution >= 4 is 22.7 Å². The van der Waals surface area contributed by atoms with E-state index in [1.165, 1.54) is 24.1 Å². The van der Waals surface area contributed by atoms with Crippen LogP contribution in [-0.2, 0) is 4.74 Å². The maximum atomic E-state index is 14.1. The van der Waals surface area contributed by atoms with Crippen LogP contribution in [0.2, 0.25) is 0 Å². The van der Waals surface area contributed by atoms with Gasteiger partial charge in [0, 0.05) is 18.8 Å². The molecule has 0 radical (unpaired) electrons. The Morgan fingerprint density at radius 2 is 2.15 bits per heavy atom. The van der Waals surface area contributed by atoms with Gasteiger partial charge in [0.2, 0.25) is 11.8 Å². The summed E-state index contributed by atoms with van der Waals surface area (Å²) < 4.78 is 58.9. The SMILES string of the molecule is CCOc1nc(Nc2ccc(C(N3C[C@H]4C[C@@H]3CO4)C(F)(F)F)cc2OC)nc2[nH]ccc12. The molecule has 4 heterocycles. The topological polar surface area (TPSA) is 84.5 Å². The molecule has 2 saturated heterocycles. The number of likely N-dealkylation sites (tertiary alicyclic amines) is 1. The number of rotatable bonds is 7. The number of hydrogen-bond donors (Lipinski definition) is 2. The second kappa shape index (κ2) is 8.38. The average molecular weight is 463 g/mol. The van der Waals surface area contributed by atoms with Gasteiger partial charge in [0.05, 0.1) is 37.5 Å². The van der Waals surface area contributed by atoms with Crippen molar-refractivity contribution in [1.29, 1.82) is 0 Å². The second-order valence-electron chi connectivity index (χ2n) is 8.10. The van der Waals surface area contributed by atoms with E-state index in [2.05, 4.69) is 20.3 Å². The number of aromatic amines is 1. The van der Waals surface area contributed by atoms with E-state index in [0.717, 1.165) is 5.39 Å². The lowest BCUT2D eigenvalue weighted by Crippen LogP contribution is -2.45. The van der Waals surface area contributed by atoms with Crippen LogP contribution in [0, 0.1) is 0 Å². The van der Waals surface area contributed by atoms with Crippen molar-refractivity contribution < 1.29 is 27.4 Å². The lowest BCUT2D eigenvalue weighted by atomic mass is 10.0. The Morgan fingerprint density at radius 3 is 2.82 bits per heavy atom. The van der Waals surface area contributed by atoms with Crippen LogP contribution in [0.1, 0.15) is 24.9 Å². The van der Waals surface area contributed by atoms with E-state index in [9.17, 15) is 13.2 Å². The standard InChI is InChI=1S/C22H24F3N5O3/c1-3-32-20-15-6-7-26-19(15)28-21(29-20)27-16-5-4-12(8-17(16)31-2)18(22(23,24)25)30-10-14-9-13(30)11-33-14/h4-8,13-14,18H,3,9-11H2,1-2H3,(H2,26,27,28,29)/t13-,14-,18?/m1/s1. The molecule has 1 unspecified atom stereocenters. The molecule has 2 N–H and O–H groups in total. The van der Waals surface area contributed by atoms with Crippen molar-refractivity contribution in [2.75, 3.05) is 32.2 Å². The van der Waals surface area contributed by atoms with E-state index < -0.39 is 12.2 Å². The van der Waals surface area contributed by atoms with E-state index in [-0.39, 0.29) is 36.0 Å². The third-order valence-electron chi connectivity index (χ3n) is 6.03. The third-order valence-corrected chi connectivity index (χ3v) is 6.03. The Hall–Kier alpha value is -3.05. The number of halogens is 3. The molecule has 5 rings (SSSR count). The number of fused-ring (bicyclic) bond motifs is 3. The molecular weight excluding hydrogens is 439 g/mol. The minimum Gasteiger partial charge on any atom is -0.495 e. The number of morpholine rings is 1. The summed E-state index contributed by atoms with van der Waals surface area (Å²) in [6.07, 6.45) is -2.21. The van der Waals surface area contributed by atoms with Gasteiger partial charge in [-0.25, -0.2) is 0 Å². The van der Waals surface area contributed by atoms with Crippen LogP contribution in [0.15, 0.2) is 30.5 Å². The van der Waals surface area contributed by atoms with Gasteiger partial charge in [-0.15, -0.1) is 0 Å². The maximum absolute atomic E-state index is 14.1. The molecule has 0 aliphatic carbocycles. The Labute approximate surface area is 188 Å². The van der Waals surface area contributed by atoms with E-state index in [1.54, 1.807) is 12.3 Å². The largest absolute Gasteiger partial charge is 0.495 e. The molecule has 3 aromatic rings. The molecule has 2 aromatic heterocycles. The summed E-state index contributed by atoms with van der Waals surface area (Å²) in [6.45, 7) is 2.87. The molecule has 1 aromatic carbocycles. The van der Waals surface area contributed by atoms with Crippen molar-refractivity contribution in [2.24, 2.45) is 0 Å². The Morgan fingerprint density at radius 1 is 1.30 bits per heavy atom. The van der Waals surface area contributed by atoms with Crippen molar-refractivity contribution in [2.45, 2.75) is 37.7 Å². The number of hydrogen-bond acceptors (Lipinski definition) is 7. The Balaban J connectivity index is 1.46. The van der Waals surface area contributed by atoms with E-state index in [1.807, 2.05) is 13.0 Å².